The van der Waals surface area contributed by atoms with Gasteiger partial charge in [0.25, 0.3) is 0 Å². The van der Waals surface area contributed by atoms with Gasteiger partial charge in [-0.15, -0.1) is 0 Å². The number of aliphatic imine (C=N–C) groups is 1. The molecular formula is C23H26ClN3O4S. The summed E-state index contributed by atoms with van der Waals surface area (Å²) in [6.07, 6.45) is 2.84. The van der Waals surface area contributed by atoms with E-state index in [1.807, 2.05) is 29.4 Å². The van der Waals surface area contributed by atoms with E-state index in [1.165, 1.54) is 18.9 Å². The van der Waals surface area contributed by atoms with Crippen molar-refractivity contribution in [2.24, 2.45) is 4.99 Å². The summed E-state index contributed by atoms with van der Waals surface area (Å²) in [4.78, 5) is 32.2. The highest BCUT2D eigenvalue weighted by atomic mass is 35.5. The number of benzene rings is 1. The van der Waals surface area contributed by atoms with Gasteiger partial charge in [-0.2, -0.15) is 0 Å². The van der Waals surface area contributed by atoms with E-state index >= 15 is 0 Å². The Bertz CT molecular complexity index is 983. The van der Waals surface area contributed by atoms with E-state index < -0.39 is 12.0 Å². The lowest BCUT2D eigenvalue weighted by molar-refractivity contribution is -0.136. The molecule has 32 heavy (non-hydrogen) atoms. The number of thioether (sulfide) groups is 1. The number of amides is 1. The molecule has 1 N–H and O–H groups in total. The Morgan fingerprint density at radius 3 is 2.78 bits per heavy atom. The van der Waals surface area contributed by atoms with Crippen molar-refractivity contribution in [1.29, 1.82) is 0 Å². The lowest BCUT2D eigenvalue weighted by Crippen LogP contribution is -2.38. The predicted molar refractivity (Wildman–Crippen MR) is 125 cm³/mol. The molecule has 4 rings (SSSR count). The second-order valence-electron chi connectivity index (χ2n) is 7.77. The minimum absolute atomic E-state index is 0.0841. The highest BCUT2D eigenvalue weighted by Crippen LogP contribution is 2.45. The molecule has 1 amide bonds. The van der Waals surface area contributed by atoms with Gasteiger partial charge in [-0.05, 0) is 42.4 Å². The quantitative estimate of drug-likeness (QED) is 0.596. The summed E-state index contributed by atoms with van der Waals surface area (Å²) in [6, 6.07) is 6.93. The lowest BCUT2D eigenvalue weighted by Gasteiger charge is -2.36. The number of esters is 1. The van der Waals surface area contributed by atoms with Crippen molar-refractivity contribution in [3.05, 3.63) is 57.2 Å². The molecule has 1 aromatic carbocycles. The van der Waals surface area contributed by atoms with Crippen LogP contribution in [0.2, 0.25) is 5.02 Å². The van der Waals surface area contributed by atoms with Crippen molar-refractivity contribution in [3.8, 4) is 0 Å². The summed E-state index contributed by atoms with van der Waals surface area (Å²) in [5, 5.41) is 6.26. The van der Waals surface area contributed by atoms with Crippen LogP contribution in [0.5, 0.6) is 0 Å². The van der Waals surface area contributed by atoms with Crippen LogP contribution < -0.4 is 5.32 Å². The molecule has 0 unspecified atom stereocenters. The standard InChI is InChI=1S/C23H26ClN3O4S/c1-3-18-20(22(29)30-2)21(14-6-8-15(24)9-7-14)27-16(13-32-23(27)26-18)11-19(28)25-12-17-5-4-10-31-17/h6-9,13,17,21H,3-5,10-12H2,1-2H3,(H,25,28)/t17-,21+/m1/s1. The monoisotopic (exact) mass is 475 g/mol. The molecule has 7 nitrogen and oxygen atoms in total. The fraction of sp³-hybridized carbons (Fsp3) is 0.435. The maximum atomic E-state index is 12.8. The van der Waals surface area contributed by atoms with Gasteiger partial charge in [0, 0.05) is 23.9 Å². The number of halogens is 1. The number of carbonyl (C=O) groups is 2. The minimum Gasteiger partial charge on any atom is -0.466 e. The van der Waals surface area contributed by atoms with Gasteiger partial charge in [0.1, 0.15) is 0 Å². The first-order valence-corrected chi connectivity index (χ1v) is 12.0. The number of allylic oxidation sites excluding steroid dienone is 1. The van der Waals surface area contributed by atoms with E-state index in [9.17, 15) is 9.59 Å². The lowest BCUT2D eigenvalue weighted by atomic mass is 9.93. The molecule has 1 saturated heterocycles. The number of carbonyl (C=O) groups excluding carboxylic acids is 2. The summed E-state index contributed by atoms with van der Waals surface area (Å²) in [5.74, 6) is -0.517. The molecular weight excluding hydrogens is 450 g/mol. The maximum Gasteiger partial charge on any atom is 0.338 e. The first-order valence-electron chi connectivity index (χ1n) is 10.7. The van der Waals surface area contributed by atoms with Crippen LogP contribution in [-0.4, -0.2) is 48.3 Å². The van der Waals surface area contributed by atoms with Gasteiger partial charge >= 0.3 is 5.97 Å². The number of fused-ring (bicyclic) bond motifs is 1. The normalized spacial score (nSPS) is 22.4. The van der Waals surface area contributed by atoms with Crippen LogP contribution in [0.25, 0.3) is 0 Å². The van der Waals surface area contributed by atoms with Crippen LogP contribution >= 0.6 is 23.4 Å². The molecule has 1 aromatic rings. The Kier molecular flexibility index (Phi) is 7.23. The Hall–Kier alpha value is -2.29. The smallest absolute Gasteiger partial charge is 0.338 e. The van der Waals surface area contributed by atoms with Crippen LogP contribution in [0.3, 0.4) is 0 Å². The van der Waals surface area contributed by atoms with Crippen LogP contribution in [0, 0.1) is 0 Å². The number of ether oxygens (including phenoxy) is 2. The Labute approximate surface area is 196 Å². The minimum atomic E-state index is -0.450. The molecule has 0 radical (unpaired) electrons. The highest BCUT2D eigenvalue weighted by Gasteiger charge is 2.41. The third-order valence-electron chi connectivity index (χ3n) is 5.71. The van der Waals surface area contributed by atoms with Crippen LogP contribution in [0.1, 0.15) is 44.2 Å². The van der Waals surface area contributed by atoms with Gasteiger partial charge < -0.3 is 19.7 Å². The van der Waals surface area contributed by atoms with E-state index in [4.69, 9.17) is 26.1 Å². The molecule has 0 spiro atoms. The van der Waals surface area contributed by atoms with Crippen molar-refractivity contribution in [2.75, 3.05) is 20.3 Å². The number of methoxy groups -OCH3 is 1. The van der Waals surface area contributed by atoms with Gasteiger partial charge in [0.2, 0.25) is 5.91 Å². The topological polar surface area (TPSA) is 80.2 Å². The molecule has 170 valence electrons. The third-order valence-corrected chi connectivity index (χ3v) is 6.85. The van der Waals surface area contributed by atoms with Gasteiger partial charge in [-0.3, -0.25) is 4.79 Å². The molecule has 0 aliphatic carbocycles. The van der Waals surface area contributed by atoms with E-state index in [0.717, 1.165) is 35.9 Å². The van der Waals surface area contributed by atoms with E-state index in [2.05, 4.69) is 5.32 Å². The zero-order valence-corrected chi connectivity index (χ0v) is 19.7. The largest absolute Gasteiger partial charge is 0.466 e. The molecule has 0 saturated carbocycles. The number of nitrogens with zero attached hydrogens (tertiary/aromatic N) is 2. The molecule has 3 aliphatic heterocycles. The summed E-state index contributed by atoms with van der Waals surface area (Å²) >= 11 is 7.57. The Balaban J connectivity index is 1.62. The van der Waals surface area contributed by atoms with Crippen LogP contribution in [0.4, 0.5) is 0 Å². The zero-order valence-electron chi connectivity index (χ0n) is 18.1. The number of hydrogen-bond acceptors (Lipinski definition) is 7. The second-order valence-corrected chi connectivity index (χ2v) is 9.04. The Morgan fingerprint density at radius 1 is 1.34 bits per heavy atom. The summed E-state index contributed by atoms with van der Waals surface area (Å²) in [5.41, 5.74) is 2.83. The van der Waals surface area contributed by atoms with Crippen molar-refractivity contribution < 1.29 is 19.1 Å². The number of nitrogens with one attached hydrogen (secondary N) is 1. The van der Waals surface area contributed by atoms with Gasteiger partial charge in [0.05, 0.1) is 36.9 Å². The fourth-order valence-corrected chi connectivity index (χ4v) is 5.20. The van der Waals surface area contributed by atoms with E-state index in [1.54, 1.807) is 12.1 Å². The average Bonchev–Trinajstić information content (AvgIpc) is 3.46. The van der Waals surface area contributed by atoms with Crippen molar-refractivity contribution in [2.45, 2.75) is 44.8 Å². The second kappa shape index (κ2) is 10.1. The molecule has 2 atom stereocenters. The molecule has 0 aromatic heterocycles. The SMILES string of the molecule is CCC1=C(C(=O)OC)[C@H](c2ccc(Cl)cc2)N2C(CC(=O)NC[C@H]3CCCO3)=CSC2=N1. The number of hydrogen-bond donors (Lipinski definition) is 1. The number of amidine groups is 1. The molecule has 9 heteroatoms. The Morgan fingerprint density at radius 2 is 2.12 bits per heavy atom. The summed E-state index contributed by atoms with van der Waals surface area (Å²) in [6.45, 7) is 3.22. The molecule has 3 heterocycles. The van der Waals surface area contributed by atoms with Crippen LogP contribution in [-0.2, 0) is 19.1 Å². The van der Waals surface area contributed by atoms with Gasteiger partial charge in [-0.25, -0.2) is 9.79 Å². The van der Waals surface area contributed by atoms with Crippen molar-refractivity contribution >= 4 is 40.4 Å². The zero-order chi connectivity index (χ0) is 22.7. The third kappa shape index (κ3) is 4.72. The van der Waals surface area contributed by atoms with Crippen molar-refractivity contribution in [1.82, 2.24) is 10.2 Å². The van der Waals surface area contributed by atoms with E-state index in [0.29, 0.717) is 29.3 Å². The molecule has 3 aliphatic rings. The fourth-order valence-electron chi connectivity index (χ4n) is 4.13. The predicted octanol–water partition coefficient (Wildman–Crippen LogP) is 4.16. The molecule has 0 bridgehead atoms. The summed E-state index contributed by atoms with van der Waals surface area (Å²) < 4.78 is 10.7. The van der Waals surface area contributed by atoms with Gasteiger partial charge in [-0.1, -0.05) is 42.4 Å². The number of rotatable bonds is 7. The van der Waals surface area contributed by atoms with Crippen LogP contribution in [0.15, 0.2) is 51.6 Å². The molecule has 1 fully saturated rings. The van der Waals surface area contributed by atoms with Crippen molar-refractivity contribution in [3.63, 3.8) is 0 Å². The maximum absolute atomic E-state index is 12.8. The first-order chi connectivity index (χ1) is 15.5. The summed E-state index contributed by atoms with van der Waals surface area (Å²) in [7, 11) is 1.37. The van der Waals surface area contributed by atoms with Gasteiger partial charge in [0.15, 0.2) is 5.17 Å². The first kappa shape index (κ1) is 22.9. The average molecular weight is 476 g/mol. The van der Waals surface area contributed by atoms with E-state index in [-0.39, 0.29) is 18.4 Å². The highest BCUT2D eigenvalue weighted by molar-refractivity contribution is 8.16.